The van der Waals surface area contributed by atoms with Gasteiger partial charge in [-0.05, 0) is 33.1 Å². The van der Waals surface area contributed by atoms with E-state index in [4.69, 9.17) is 18.9 Å². The molecule has 0 aromatic rings. The summed E-state index contributed by atoms with van der Waals surface area (Å²) in [6, 6.07) is 0. The lowest BCUT2D eigenvalue weighted by Gasteiger charge is -2.28. The van der Waals surface area contributed by atoms with Crippen LogP contribution in [-0.2, 0) is 28.5 Å². The molecule has 2 unspecified atom stereocenters. The van der Waals surface area contributed by atoms with E-state index in [9.17, 15) is 24.9 Å². The smallest absolute Gasteiger partial charge is 0.340 e. The molecule has 0 saturated carbocycles. The first-order valence-corrected chi connectivity index (χ1v) is 8.57. The van der Waals surface area contributed by atoms with E-state index in [0.717, 1.165) is 0 Å². The molecule has 2 saturated heterocycles. The lowest BCUT2D eigenvalue weighted by molar-refractivity contribution is -0.259. The summed E-state index contributed by atoms with van der Waals surface area (Å²) >= 11 is 0. The molecule has 3 N–H and O–H groups in total. The zero-order chi connectivity index (χ0) is 18.6. The van der Waals surface area contributed by atoms with Crippen LogP contribution in [0.25, 0.3) is 0 Å². The predicted molar refractivity (Wildman–Crippen MR) is 82.2 cm³/mol. The summed E-state index contributed by atoms with van der Waals surface area (Å²) in [7, 11) is 0. The fourth-order valence-corrected chi connectivity index (χ4v) is 3.17. The van der Waals surface area contributed by atoms with Crippen molar-refractivity contribution in [2.75, 3.05) is 13.2 Å². The Labute approximate surface area is 145 Å². The van der Waals surface area contributed by atoms with Gasteiger partial charge in [0.25, 0.3) is 0 Å². The average molecular weight is 362 g/mol. The van der Waals surface area contributed by atoms with Gasteiger partial charge in [0, 0.05) is 6.42 Å². The Balaban J connectivity index is 1.90. The summed E-state index contributed by atoms with van der Waals surface area (Å²) in [5.41, 5.74) is 0. The molecule has 6 atom stereocenters. The van der Waals surface area contributed by atoms with E-state index in [1.807, 2.05) is 0 Å². The lowest BCUT2D eigenvalue weighted by atomic mass is 10.0. The van der Waals surface area contributed by atoms with E-state index in [1.54, 1.807) is 13.8 Å². The monoisotopic (exact) mass is 362 g/mol. The summed E-state index contributed by atoms with van der Waals surface area (Å²) in [4.78, 5) is 23.2. The molecule has 2 aliphatic rings. The van der Waals surface area contributed by atoms with Crippen LogP contribution in [-0.4, -0.2) is 76.8 Å². The number of aliphatic hydroxyl groups is 3. The molecule has 0 bridgehead atoms. The van der Waals surface area contributed by atoms with Crippen molar-refractivity contribution >= 4 is 11.9 Å². The second-order valence-electron chi connectivity index (χ2n) is 6.18. The molecule has 25 heavy (non-hydrogen) atoms. The number of hydrogen-bond donors (Lipinski definition) is 3. The zero-order valence-corrected chi connectivity index (χ0v) is 14.4. The number of ether oxygens (including phenoxy) is 4. The molecule has 0 radical (unpaired) electrons. The molecule has 9 heteroatoms. The molecule has 144 valence electrons. The van der Waals surface area contributed by atoms with Crippen LogP contribution < -0.4 is 0 Å². The Morgan fingerprint density at radius 3 is 2.36 bits per heavy atom. The standard InChI is InChI=1S/C16H26O9/c1-3-22-14(19)12(17)11-6-5-9(24-11)10-7-8-16(21,25-10)13(18)15(20)23-4-2/h9-13,17-18,21H,3-8H2,1-2H3/t9-,10-,11+,12-,13?,16?/m0/s1. The minimum atomic E-state index is -2.03. The Hall–Kier alpha value is -1.26. The molecule has 0 amide bonds. The maximum Gasteiger partial charge on any atom is 0.340 e. The van der Waals surface area contributed by atoms with Crippen molar-refractivity contribution in [3.05, 3.63) is 0 Å². The Bertz CT molecular complexity index is 482. The highest BCUT2D eigenvalue weighted by atomic mass is 16.7. The average Bonchev–Trinajstić information content (AvgIpc) is 3.21. The van der Waals surface area contributed by atoms with E-state index >= 15 is 0 Å². The van der Waals surface area contributed by atoms with E-state index < -0.39 is 48.2 Å². The summed E-state index contributed by atoms with van der Waals surface area (Å²) < 4.78 is 20.6. The highest BCUT2D eigenvalue weighted by molar-refractivity contribution is 5.75. The molecule has 9 nitrogen and oxygen atoms in total. The summed E-state index contributed by atoms with van der Waals surface area (Å²) in [6.45, 7) is 3.48. The second-order valence-corrected chi connectivity index (χ2v) is 6.18. The Morgan fingerprint density at radius 2 is 1.72 bits per heavy atom. The summed E-state index contributed by atoms with van der Waals surface area (Å²) in [5.74, 6) is -3.72. The van der Waals surface area contributed by atoms with Gasteiger partial charge in [-0.15, -0.1) is 0 Å². The van der Waals surface area contributed by atoms with Gasteiger partial charge in [0.1, 0.15) is 0 Å². The molecule has 0 spiro atoms. The molecular weight excluding hydrogens is 336 g/mol. The van der Waals surface area contributed by atoms with Crippen LogP contribution in [0.5, 0.6) is 0 Å². The van der Waals surface area contributed by atoms with Crippen LogP contribution in [0, 0.1) is 0 Å². The second kappa shape index (κ2) is 8.41. The molecule has 2 aliphatic heterocycles. The molecule has 2 heterocycles. The summed E-state index contributed by atoms with van der Waals surface area (Å²) in [6.07, 6.45) is -3.57. The van der Waals surface area contributed by atoms with Gasteiger partial charge in [0.15, 0.2) is 6.10 Å². The molecular formula is C16H26O9. The first kappa shape index (κ1) is 20.1. The first-order chi connectivity index (χ1) is 11.8. The first-order valence-electron chi connectivity index (χ1n) is 8.57. The van der Waals surface area contributed by atoms with Crippen molar-refractivity contribution in [1.82, 2.24) is 0 Å². The molecule has 2 fully saturated rings. The minimum Gasteiger partial charge on any atom is -0.464 e. The van der Waals surface area contributed by atoms with Gasteiger partial charge in [0.05, 0.1) is 31.5 Å². The Morgan fingerprint density at radius 1 is 1.08 bits per heavy atom. The fraction of sp³-hybridized carbons (Fsp3) is 0.875. The third-order valence-electron chi connectivity index (χ3n) is 4.46. The topological polar surface area (TPSA) is 132 Å². The number of carbonyl (C=O) groups is 2. The zero-order valence-electron chi connectivity index (χ0n) is 14.4. The third-order valence-corrected chi connectivity index (χ3v) is 4.46. The van der Waals surface area contributed by atoms with Gasteiger partial charge >= 0.3 is 11.9 Å². The maximum absolute atomic E-state index is 11.6. The van der Waals surface area contributed by atoms with Crippen LogP contribution in [0.3, 0.4) is 0 Å². The Kier molecular flexibility index (Phi) is 6.75. The van der Waals surface area contributed by atoms with Crippen LogP contribution in [0.2, 0.25) is 0 Å². The van der Waals surface area contributed by atoms with Crippen molar-refractivity contribution < 1.29 is 43.9 Å². The van der Waals surface area contributed by atoms with Gasteiger partial charge in [-0.3, -0.25) is 0 Å². The normalized spacial score (nSPS) is 34.5. The number of aliphatic hydroxyl groups excluding tert-OH is 2. The van der Waals surface area contributed by atoms with Gasteiger partial charge in [0.2, 0.25) is 11.9 Å². The van der Waals surface area contributed by atoms with Crippen LogP contribution in [0.15, 0.2) is 0 Å². The molecule has 2 rings (SSSR count). The maximum atomic E-state index is 11.6. The molecule has 0 aromatic heterocycles. The number of esters is 2. The largest absolute Gasteiger partial charge is 0.464 e. The van der Waals surface area contributed by atoms with Gasteiger partial charge in [-0.25, -0.2) is 9.59 Å². The van der Waals surface area contributed by atoms with Gasteiger partial charge < -0.3 is 34.3 Å². The predicted octanol–water partition coefficient (Wildman–Crippen LogP) is -0.750. The number of carbonyl (C=O) groups excluding carboxylic acids is 2. The van der Waals surface area contributed by atoms with E-state index in [-0.39, 0.29) is 19.6 Å². The fourth-order valence-electron chi connectivity index (χ4n) is 3.17. The molecule has 0 aliphatic carbocycles. The van der Waals surface area contributed by atoms with Crippen molar-refractivity contribution in [2.45, 2.75) is 75.8 Å². The van der Waals surface area contributed by atoms with Crippen molar-refractivity contribution in [3.63, 3.8) is 0 Å². The number of rotatable bonds is 7. The van der Waals surface area contributed by atoms with E-state index in [0.29, 0.717) is 19.3 Å². The third kappa shape index (κ3) is 4.48. The van der Waals surface area contributed by atoms with Gasteiger partial charge in [-0.1, -0.05) is 0 Å². The van der Waals surface area contributed by atoms with Crippen molar-refractivity contribution in [2.24, 2.45) is 0 Å². The van der Waals surface area contributed by atoms with Crippen LogP contribution in [0.4, 0.5) is 0 Å². The summed E-state index contributed by atoms with van der Waals surface area (Å²) in [5, 5.41) is 30.3. The highest BCUT2D eigenvalue weighted by Crippen LogP contribution is 2.38. The highest BCUT2D eigenvalue weighted by Gasteiger charge is 2.52. The van der Waals surface area contributed by atoms with Crippen LogP contribution >= 0.6 is 0 Å². The van der Waals surface area contributed by atoms with Gasteiger partial charge in [-0.2, -0.15) is 0 Å². The number of hydrogen-bond acceptors (Lipinski definition) is 9. The lowest BCUT2D eigenvalue weighted by Crippen LogP contribution is -2.48. The van der Waals surface area contributed by atoms with Crippen molar-refractivity contribution in [3.8, 4) is 0 Å². The van der Waals surface area contributed by atoms with Crippen molar-refractivity contribution in [1.29, 1.82) is 0 Å². The quantitative estimate of drug-likeness (QED) is 0.500. The SMILES string of the molecule is CCOC(=O)C(O)C1(O)CC[C@@H]([C@@H]2CC[C@H]([C@H](O)C(=O)OCC)O2)O1. The van der Waals surface area contributed by atoms with E-state index in [1.165, 1.54) is 0 Å². The van der Waals surface area contributed by atoms with E-state index in [2.05, 4.69) is 0 Å². The van der Waals surface area contributed by atoms with Crippen LogP contribution in [0.1, 0.15) is 39.5 Å². The minimum absolute atomic E-state index is 0.0443. The molecule has 0 aromatic carbocycles.